The molecule has 0 radical (unpaired) electrons. The number of ether oxygens (including phenoxy) is 2. The molecule has 2 aliphatic rings. The second-order valence-electron chi connectivity index (χ2n) is 8.43. The highest BCUT2D eigenvalue weighted by Gasteiger charge is 2.25. The monoisotopic (exact) mass is 472 g/mol. The van der Waals surface area contributed by atoms with Gasteiger partial charge in [0, 0.05) is 16.1 Å². The number of amides is 1. The smallest absolute Gasteiger partial charge is 0.259 e. The summed E-state index contributed by atoms with van der Waals surface area (Å²) in [5.41, 5.74) is 4.19. The lowest BCUT2D eigenvalue weighted by molar-refractivity contribution is 0.102. The summed E-state index contributed by atoms with van der Waals surface area (Å²) < 4.78 is 16.4. The number of carbonyl (C=O) groups excluding carboxylic acids is 1. The van der Waals surface area contributed by atoms with Crippen molar-refractivity contribution in [2.45, 2.75) is 39.0 Å². The van der Waals surface area contributed by atoms with E-state index in [2.05, 4.69) is 21.5 Å². The van der Waals surface area contributed by atoms with Gasteiger partial charge in [-0.05, 0) is 62.4 Å². The normalized spacial score (nSPS) is 14.5. The van der Waals surface area contributed by atoms with Crippen molar-refractivity contribution < 1.29 is 18.8 Å². The molecule has 0 spiro atoms. The zero-order chi connectivity index (χ0) is 23.2. The molecule has 0 fully saturated rings. The minimum absolute atomic E-state index is 0.165. The highest BCUT2D eigenvalue weighted by molar-refractivity contribution is 7.16. The Morgan fingerprint density at radius 2 is 2.00 bits per heavy atom. The van der Waals surface area contributed by atoms with Crippen LogP contribution < -0.4 is 14.8 Å². The Bertz CT molecular complexity index is 1500. The molecule has 0 atom stereocenters. The summed E-state index contributed by atoms with van der Waals surface area (Å²) in [4.78, 5) is 19.2. The third kappa shape index (κ3) is 3.38. The van der Waals surface area contributed by atoms with Gasteiger partial charge in [0.2, 0.25) is 6.79 Å². The zero-order valence-electron chi connectivity index (χ0n) is 18.4. The summed E-state index contributed by atoms with van der Waals surface area (Å²) in [6.07, 6.45) is 5.16. The highest BCUT2D eigenvalue weighted by Crippen LogP contribution is 2.40. The fraction of sp³-hybridized carbons (Fsp3) is 0.280. The van der Waals surface area contributed by atoms with E-state index >= 15 is 0 Å². The molecule has 170 valence electrons. The number of thiophene rings is 1. The highest BCUT2D eigenvalue weighted by atomic mass is 32.1. The summed E-state index contributed by atoms with van der Waals surface area (Å²) in [5, 5.41) is 18.2. The van der Waals surface area contributed by atoms with Gasteiger partial charge in [-0.1, -0.05) is 11.6 Å². The van der Waals surface area contributed by atoms with Crippen LogP contribution in [0.2, 0.25) is 0 Å². The van der Waals surface area contributed by atoms with Crippen molar-refractivity contribution in [3.05, 3.63) is 51.5 Å². The summed E-state index contributed by atoms with van der Waals surface area (Å²) in [5.74, 6) is 0.942. The lowest BCUT2D eigenvalue weighted by atomic mass is 10.0. The van der Waals surface area contributed by atoms with Gasteiger partial charge in [-0.2, -0.15) is 5.26 Å². The predicted molar refractivity (Wildman–Crippen MR) is 126 cm³/mol. The molecule has 34 heavy (non-hydrogen) atoms. The van der Waals surface area contributed by atoms with Crippen LogP contribution in [0.25, 0.3) is 22.4 Å². The maximum Gasteiger partial charge on any atom is 0.259 e. The second kappa shape index (κ2) is 8.15. The van der Waals surface area contributed by atoms with Crippen LogP contribution in [-0.2, 0) is 12.8 Å². The van der Waals surface area contributed by atoms with Crippen LogP contribution in [0.1, 0.15) is 51.3 Å². The molecule has 1 aliphatic heterocycles. The van der Waals surface area contributed by atoms with E-state index in [-0.39, 0.29) is 18.4 Å². The van der Waals surface area contributed by atoms with Gasteiger partial charge in [0.15, 0.2) is 11.5 Å². The molecule has 0 bridgehead atoms. The fourth-order valence-electron chi connectivity index (χ4n) is 4.61. The molecule has 0 saturated heterocycles. The Morgan fingerprint density at radius 3 is 2.88 bits per heavy atom. The van der Waals surface area contributed by atoms with E-state index in [0.29, 0.717) is 44.4 Å². The van der Waals surface area contributed by atoms with Gasteiger partial charge < -0.3 is 19.3 Å². The van der Waals surface area contributed by atoms with Crippen LogP contribution >= 0.6 is 11.3 Å². The van der Waals surface area contributed by atoms with Gasteiger partial charge in [-0.25, -0.2) is 4.98 Å². The number of benzene rings is 1. The number of anilines is 1. The molecule has 0 unspecified atom stereocenters. The van der Waals surface area contributed by atoms with Gasteiger partial charge in [0.25, 0.3) is 11.6 Å². The van der Waals surface area contributed by atoms with Gasteiger partial charge in [-0.3, -0.25) is 4.79 Å². The van der Waals surface area contributed by atoms with Crippen molar-refractivity contribution in [3.8, 4) is 28.8 Å². The number of pyridine rings is 1. The van der Waals surface area contributed by atoms with Crippen LogP contribution in [0.5, 0.6) is 11.5 Å². The zero-order valence-corrected chi connectivity index (χ0v) is 19.3. The number of nitrogens with one attached hydrogen (secondary N) is 1. The Balaban J connectivity index is 1.42. The van der Waals surface area contributed by atoms with E-state index in [0.717, 1.165) is 36.8 Å². The molecule has 6 rings (SSSR count). The van der Waals surface area contributed by atoms with E-state index in [1.54, 1.807) is 19.1 Å². The Hall–Kier alpha value is -3.90. The third-order valence-electron chi connectivity index (χ3n) is 6.23. The van der Waals surface area contributed by atoms with E-state index < -0.39 is 0 Å². The molecule has 4 aromatic rings. The molecule has 4 heterocycles. The number of fused-ring (bicyclic) bond motifs is 3. The van der Waals surface area contributed by atoms with E-state index in [1.807, 2.05) is 12.1 Å². The number of hydrogen-bond donors (Lipinski definition) is 1. The van der Waals surface area contributed by atoms with Crippen molar-refractivity contribution in [3.63, 3.8) is 0 Å². The Kier molecular flexibility index (Phi) is 4.96. The predicted octanol–water partition coefficient (Wildman–Crippen LogP) is 5.38. The summed E-state index contributed by atoms with van der Waals surface area (Å²) >= 11 is 1.51. The fourth-order valence-corrected chi connectivity index (χ4v) is 5.85. The molecule has 1 amide bonds. The first-order chi connectivity index (χ1) is 16.6. The molecule has 1 N–H and O–H groups in total. The quantitative estimate of drug-likeness (QED) is 0.399. The minimum Gasteiger partial charge on any atom is -0.454 e. The topological polar surface area (TPSA) is 110 Å². The molecule has 1 aliphatic carbocycles. The molecular weight excluding hydrogens is 452 g/mol. The van der Waals surface area contributed by atoms with Crippen LogP contribution in [0.4, 0.5) is 5.00 Å². The molecule has 9 heteroatoms. The molecular formula is C25H20N4O4S. The summed E-state index contributed by atoms with van der Waals surface area (Å²) in [7, 11) is 0. The lowest BCUT2D eigenvalue weighted by Gasteiger charge is -2.07. The first-order valence-corrected chi connectivity index (χ1v) is 12.0. The van der Waals surface area contributed by atoms with E-state index in [1.165, 1.54) is 22.6 Å². The standard InChI is InChI=1S/C25H20N4O4S/c1-13-9-16(23(30)28-25-17(11-26)15-5-3-2-4-6-20(15)34-25)21-22(29-33-24(21)27-13)14-7-8-18-19(10-14)32-12-31-18/h7-10H,2-6,12H2,1H3,(H,28,30). The van der Waals surface area contributed by atoms with Crippen molar-refractivity contribution in [1.29, 1.82) is 5.26 Å². The van der Waals surface area contributed by atoms with Crippen molar-refractivity contribution in [2.75, 3.05) is 12.1 Å². The largest absolute Gasteiger partial charge is 0.454 e. The number of hydrogen-bond acceptors (Lipinski definition) is 8. The molecule has 8 nitrogen and oxygen atoms in total. The van der Waals surface area contributed by atoms with Crippen LogP contribution in [0.3, 0.4) is 0 Å². The Morgan fingerprint density at radius 1 is 1.15 bits per heavy atom. The molecule has 0 saturated carbocycles. The summed E-state index contributed by atoms with van der Waals surface area (Å²) in [6.45, 7) is 1.96. The molecule has 3 aromatic heterocycles. The van der Waals surface area contributed by atoms with Crippen LogP contribution in [0.15, 0.2) is 28.8 Å². The summed E-state index contributed by atoms with van der Waals surface area (Å²) in [6, 6.07) is 9.50. The number of aryl methyl sites for hydroxylation is 2. The van der Waals surface area contributed by atoms with Crippen molar-refractivity contribution >= 4 is 33.3 Å². The SMILES string of the molecule is Cc1cc(C(=O)Nc2sc3c(c2C#N)CCCCC3)c2c(-c3ccc4c(c3)OCO4)noc2n1. The maximum absolute atomic E-state index is 13.5. The number of rotatable bonds is 3. The first kappa shape index (κ1) is 20.7. The number of aromatic nitrogens is 2. The van der Waals surface area contributed by atoms with Gasteiger partial charge in [0.1, 0.15) is 16.8 Å². The van der Waals surface area contributed by atoms with Gasteiger partial charge in [-0.15, -0.1) is 11.3 Å². The van der Waals surface area contributed by atoms with Crippen molar-refractivity contribution in [2.24, 2.45) is 0 Å². The number of nitriles is 1. The van der Waals surface area contributed by atoms with Crippen molar-refractivity contribution in [1.82, 2.24) is 10.1 Å². The minimum atomic E-state index is -0.325. The average molecular weight is 473 g/mol. The van der Waals surface area contributed by atoms with Crippen LogP contribution in [-0.4, -0.2) is 22.8 Å². The van der Waals surface area contributed by atoms with Crippen LogP contribution in [0, 0.1) is 18.3 Å². The average Bonchev–Trinajstić information content (AvgIpc) is 3.51. The second-order valence-corrected chi connectivity index (χ2v) is 9.53. The van der Waals surface area contributed by atoms with Gasteiger partial charge >= 0.3 is 0 Å². The lowest BCUT2D eigenvalue weighted by Crippen LogP contribution is -2.13. The first-order valence-electron chi connectivity index (χ1n) is 11.2. The van der Waals surface area contributed by atoms with Gasteiger partial charge in [0.05, 0.1) is 16.5 Å². The maximum atomic E-state index is 13.5. The van der Waals surface area contributed by atoms with E-state index in [9.17, 15) is 10.1 Å². The Labute approximate surface area is 199 Å². The van der Waals surface area contributed by atoms with E-state index in [4.69, 9.17) is 14.0 Å². The number of carbonyl (C=O) groups is 1. The third-order valence-corrected chi connectivity index (χ3v) is 7.43. The molecule has 1 aromatic carbocycles. The number of nitrogens with zero attached hydrogens (tertiary/aromatic N) is 3.